The highest BCUT2D eigenvalue weighted by molar-refractivity contribution is 8.93. The molecule has 3 fully saturated rings. The lowest BCUT2D eigenvalue weighted by molar-refractivity contribution is -0.131. The molecule has 3 amide bonds. The number of piperidine rings is 1. The van der Waals surface area contributed by atoms with E-state index in [2.05, 4.69) is 16.0 Å². The Morgan fingerprint density at radius 3 is 2.73 bits per heavy atom. The Morgan fingerprint density at radius 2 is 2.08 bits per heavy atom. The van der Waals surface area contributed by atoms with E-state index < -0.39 is 35.7 Å². The number of primary amides is 1. The molecule has 2 aliphatic heterocycles. The van der Waals surface area contributed by atoms with Gasteiger partial charge in [0.1, 0.15) is 6.04 Å². The highest BCUT2D eigenvalue weighted by atomic mass is 79.9. The predicted molar refractivity (Wildman–Crippen MR) is 94.7 cm³/mol. The van der Waals surface area contributed by atoms with Gasteiger partial charge in [0.15, 0.2) is 0 Å². The van der Waals surface area contributed by atoms with Crippen LogP contribution < -0.4 is 21.7 Å². The molecule has 0 aromatic heterocycles. The van der Waals surface area contributed by atoms with Gasteiger partial charge in [-0.15, -0.1) is 17.0 Å². The first kappa shape index (κ1) is 21.0. The largest absolute Gasteiger partial charge is 0.368 e. The Labute approximate surface area is 161 Å². The zero-order valence-corrected chi connectivity index (χ0v) is 16.0. The molecule has 0 unspecified atom stereocenters. The molecule has 0 aromatic rings. The van der Waals surface area contributed by atoms with Crippen LogP contribution in [0, 0.1) is 17.8 Å². The number of alkyl halides is 2. The summed E-state index contributed by atoms with van der Waals surface area (Å²) in [4.78, 5) is 36.1. The number of nitrogens with one attached hydrogen (secondary N) is 3. The third-order valence-corrected chi connectivity index (χ3v) is 5.59. The normalized spacial score (nSPS) is 33.5. The Morgan fingerprint density at radius 1 is 1.35 bits per heavy atom. The summed E-state index contributed by atoms with van der Waals surface area (Å²) in [7, 11) is 0. The van der Waals surface area contributed by atoms with E-state index in [0.29, 0.717) is 19.5 Å². The summed E-state index contributed by atoms with van der Waals surface area (Å²) in [6.07, 6.45) is 1.03. The van der Waals surface area contributed by atoms with Crippen LogP contribution in [0.2, 0.25) is 0 Å². The first-order valence-electron chi connectivity index (χ1n) is 8.75. The SMILES string of the molecule is Br.NC(=O)[C@H](C[C@@H]1CCCNC1=O)NC(=O)[C@H]1NC[C@@H]2CC(F)(F)C[C@@H]21. The first-order valence-corrected chi connectivity index (χ1v) is 8.75. The van der Waals surface area contributed by atoms with Crippen LogP contribution in [-0.4, -0.2) is 48.8 Å². The van der Waals surface area contributed by atoms with Crippen molar-refractivity contribution in [2.24, 2.45) is 23.5 Å². The van der Waals surface area contributed by atoms with E-state index in [1.165, 1.54) is 0 Å². The van der Waals surface area contributed by atoms with Crippen molar-refractivity contribution in [3.05, 3.63) is 0 Å². The third kappa shape index (κ3) is 4.51. The van der Waals surface area contributed by atoms with E-state index in [1.54, 1.807) is 0 Å². The van der Waals surface area contributed by atoms with Gasteiger partial charge < -0.3 is 21.7 Å². The van der Waals surface area contributed by atoms with E-state index in [1.807, 2.05) is 0 Å². The number of carbonyl (C=O) groups is 3. The molecular weight excluding hydrogens is 414 g/mol. The molecule has 1 saturated carbocycles. The van der Waals surface area contributed by atoms with Gasteiger partial charge in [0.25, 0.3) is 0 Å². The molecule has 2 heterocycles. The van der Waals surface area contributed by atoms with Gasteiger partial charge in [-0.3, -0.25) is 14.4 Å². The second kappa shape index (κ2) is 8.16. The molecule has 5 atom stereocenters. The standard InChI is InChI=1S/C16H24F2N4O3.BrH/c17-16(18)5-9-7-21-12(10(9)6-16)15(25)22-11(13(19)23)4-8-2-1-3-20-14(8)24;/h8-12,21H,1-7H2,(H2,19,23)(H,20,24)(H,22,25);1H/t8-,9-,10-,11-,12-;/m0./s1. The summed E-state index contributed by atoms with van der Waals surface area (Å²) in [6.45, 7) is 0.969. The quantitative estimate of drug-likeness (QED) is 0.486. The van der Waals surface area contributed by atoms with Gasteiger partial charge in [-0.2, -0.15) is 0 Å². The fraction of sp³-hybridized carbons (Fsp3) is 0.812. The summed E-state index contributed by atoms with van der Waals surface area (Å²) in [5.41, 5.74) is 5.37. The Hall–Kier alpha value is -1.29. The molecule has 5 N–H and O–H groups in total. The molecule has 7 nitrogen and oxygen atoms in total. The molecule has 26 heavy (non-hydrogen) atoms. The summed E-state index contributed by atoms with van der Waals surface area (Å²) in [6, 6.07) is -1.73. The van der Waals surface area contributed by atoms with Gasteiger partial charge in [0, 0.05) is 25.3 Å². The zero-order chi connectivity index (χ0) is 18.2. The number of rotatable bonds is 5. The van der Waals surface area contributed by atoms with Gasteiger partial charge in [0.05, 0.1) is 6.04 Å². The minimum Gasteiger partial charge on any atom is -0.368 e. The van der Waals surface area contributed by atoms with Crippen LogP contribution in [0.3, 0.4) is 0 Å². The maximum atomic E-state index is 13.6. The fourth-order valence-electron chi connectivity index (χ4n) is 4.31. The van der Waals surface area contributed by atoms with Crippen molar-refractivity contribution in [2.45, 2.75) is 50.1 Å². The van der Waals surface area contributed by atoms with E-state index >= 15 is 0 Å². The second-order valence-corrected chi connectivity index (χ2v) is 7.40. The van der Waals surface area contributed by atoms with Gasteiger partial charge in [0.2, 0.25) is 23.6 Å². The second-order valence-electron chi connectivity index (χ2n) is 7.40. The van der Waals surface area contributed by atoms with Crippen molar-refractivity contribution in [1.82, 2.24) is 16.0 Å². The van der Waals surface area contributed by atoms with Crippen molar-refractivity contribution >= 4 is 34.7 Å². The minimum absolute atomic E-state index is 0. The van der Waals surface area contributed by atoms with Gasteiger partial charge in [-0.25, -0.2) is 8.78 Å². The molecule has 0 bridgehead atoms. The minimum atomic E-state index is -2.74. The summed E-state index contributed by atoms with van der Waals surface area (Å²) >= 11 is 0. The number of fused-ring (bicyclic) bond motifs is 1. The molecule has 0 aromatic carbocycles. The molecule has 0 spiro atoms. The monoisotopic (exact) mass is 438 g/mol. The maximum absolute atomic E-state index is 13.6. The van der Waals surface area contributed by atoms with E-state index in [9.17, 15) is 23.2 Å². The van der Waals surface area contributed by atoms with Gasteiger partial charge in [-0.05, 0) is 37.6 Å². The van der Waals surface area contributed by atoms with Crippen LogP contribution in [0.5, 0.6) is 0 Å². The molecule has 1 aliphatic carbocycles. The molecule has 148 valence electrons. The number of hydrogen-bond donors (Lipinski definition) is 4. The van der Waals surface area contributed by atoms with Crippen molar-refractivity contribution in [3.63, 3.8) is 0 Å². The maximum Gasteiger partial charge on any atom is 0.248 e. The molecule has 3 aliphatic rings. The highest BCUT2D eigenvalue weighted by Gasteiger charge is 2.53. The number of hydrogen-bond acceptors (Lipinski definition) is 4. The lowest BCUT2D eigenvalue weighted by atomic mass is 9.90. The molecule has 3 rings (SSSR count). The Balaban J connectivity index is 0.00000243. The summed E-state index contributed by atoms with van der Waals surface area (Å²) in [5, 5.41) is 8.27. The topological polar surface area (TPSA) is 113 Å². The number of carbonyl (C=O) groups excluding carboxylic acids is 3. The Kier molecular flexibility index (Phi) is 6.60. The van der Waals surface area contributed by atoms with Crippen LogP contribution >= 0.6 is 17.0 Å². The number of nitrogens with two attached hydrogens (primary N) is 1. The fourth-order valence-corrected chi connectivity index (χ4v) is 4.31. The van der Waals surface area contributed by atoms with Crippen molar-refractivity contribution in [1.29, 1.82) is 0 Å². The summed E-state index contributed by atoms with van der Waals surface area (Å²) < 4.78 is 27.1. The van der Waals surface area contributed by atoms with Gasteiger partial charge >= 0.3 is 0 Å². The van der Waals surface area contributed by atoms with Crippen LogP contribution in [0.1, 0.15) is 32.1 Å². The molecule has 0 radical (unpaired) electrons. The van der Waals surface area contributed by atoms with Crippen LogP contribution in [0.15, 0.2) is 0 Å². The van der Waals surface area contributed by atoms with Crippen molar-refractivity contribution < 1.29 is 23.2 Å². The Bertz CT molecular complexity index is 578. The van der Waals surface area contributed by atoms with Crippen LogP contribution in [0.4, 0.5) is 8.78 Å². The van der Waals surface area contributed by atoms with E-state index in [-0.39, 0.29) is 54.0 Å². The molecule has 10 heteroatoms. The predicted octanol–water partition coefficient (Wildman–Crippen LogP) is 0.0840. The third-order valence-electron chi connectivity index (χ3n) is 5.59. The number of halogens is 3. The van der Waals surface area contributed by atoms with Crippen LogP contribution in [-0.2, 0) is 14.4 Å². The van der Waals surface area contributed by atoms with Crippen molar-refractivity contribution in [3.8, 4) is 0 Å². The summed E-state index contributed by atoms with van der Waals surface area (Å²) in [5.74, 6) is -5.17. The van der Waals surface area contributed by atoms with E-state index in [0.717, 1.165) is 6.42 Å². The van der Waals surface area contributed by atoms with E-state index in [4.69, 9.17) is 5.73 Å². The van der Waals surface area contributed by atoms with Crippen LogP contribution in [0.25, 0.3) is 0 Å². The molecule has 2 saturated heterocycles. The number of amides is 3. The van der Waals surface area contributed by atoms with Crippen molar-refractivity contribution in [2.75, 3.05) is 13.1 Å². The highest BCUT2D eigenvalue weighted by Crippen LogP contribution is 2.46. The molecular formula is C16H25BrF2N4O3. The first-order chi connectivity index (χ1) is 11.8. The zero-order valence-electron chi connectivity index (χ0n) is 14.3. The lowest BCUT2D eigenvalue weighted by Gasteiger charge is -2.27. The smallest absolute Gasteiger partial charge is 0.248 e. The average molecular weight is 439 g/mol. The van der Waals surface area contributed by atoms with Gasteiger partial charge in [-0.1, -0.05) is 0 Å². The lowest BCUT2D eigenvalue weighted by Crippen LogP contribution is -2.53. The average Bonchev–Trinajstić information content (AvgIpc) is 3.03.